The highest BCUT2D eigenvalue weighted by atomic mass is 16.5. The molecule has 1 N–H and O–H groups in total. The van der Waals surface area contributed by atoms with Crippen LogP contribution >= 0.6 is 0 Å². The van der Waals surface area contributed by atoms with Gasteiger partial charge in [-0.15, -0.1) is 0 Å². The molecule has 1 aromatic heterocycles. The molecule has 134 valence electrons. The molecule has 3 fully saturated rings. The van der Waals surface area contributed by atoms with E-state index in [4.69, 9.17) is 4.52 Å². The number of aryl methyl sites for hydroxylation is 1. The number of rotatable bonds is 3. The first kappa shape index (κ1) is 16.1. The smallest absolute Gasteiger partial charge is 0.325 e. The number of carbonyl (C=O) groups excluding carboxylic acids is 3. The van der Waals surface area contributed by atoms with Crippen molar-refractivity contribution in [1.29, 1.82) is 0 Å². The van der Waals surface area contributed by atoms with Gasteiger partial charge in [-0.25, -0.2) is 4.79 Å². The molecule has 2 saturated heterocycles. The van der Waals surface area contributed by atoms with Crippen LogP contribution in [0.4, 0.5) is 4.79 Å². The van der Waals surface area contributed by atoms with Crippen LogP contribution in [-0.2, 0) is 9.59 Å². The summed E-state index contributed by atoms with van der Waals surface area (Å²) >= 11 is 0. The van der Waals surface area contributed by atoms with Gasteiger partial charge in [-0.05, 0) is 32.6 Å². The topological polar surface area (TPSA) is 95.8 Å². The number of likely N-dealkylation sites (tertiary alicyclic amines) is 1. The highest BCUT2D eigenvalue weighted by Crippen LogP contribution is 2.36. The molecule has 1 saturated carbocycles. The van der Waals surface area contributed by atoms with E-state index in [0.29, 0.717) is 25.1 Å². The van der Waals surface area contributed by atoms with Crippen LogP contribution in [0.1, 0.15) is 56.0 Å². The molecular weight excluding hydrogens is 324 g/mol. The molecule has 0 radical (unpaired) electrons. The van der Waals surface area contributed by atoms with Crippen molar-refractivity contribution in [1.82, 2.24) is 20.3 Å². The molecule has 2 aliphatic heterocycles. The normalized spacial score (nSPS) is 25.2. The Hall–Kier alpha value is -2.38. The van der Waals surface area contributed by atoms with Gasteiger partial charge < -0.3 is 14.7 Å². The van der Waals surface area contributed by atoms with Gasteiger partial charge in [0.25, 0.3) is 5.91 Å². The molecule has 8 nitrogen and oxygen atoms in total. The zero-order chi connectivity index (χ0) is 17.6. The third-order valence-corrected chi connectivity index (χ3v) is 5.56. The van der Waals surface area contributed by atoms with Crippen molar-refractivity contribution in [3.05, 3.63) is 17.5 Å². The lowest BCUT2D eigenvalue weighted by atomic mass is 9.98. The highest BCUT2D eigenvalue weighted by molar-refractivity contribution is 6.09. The number of nitrogens with zero attached hydrogens (tertiary/aromatic N) is 3. The van der Waals surface area contributed by atoms with Crippen LogP contribution in [0, 0.1) is 6.92 Å². The van der Waals surface area contributed by atoms with E-state index >= 15 is 0 Å². The summed E-state index contributed by atoms with van der Waals surface area (Å²) in [6.07, 6.45) is 4.84. The minimum absolute atomic E-state index is 0.147. The predicted molar refractivity (Wildman–Crippen MR) is 86.4 cm³/mol. The number of nitrogens with one attached hydrogen (secondary N) is 1. The minimum Gasteiger partial charge on any atom is -0.361 e. The monoisotopic (exact) mass is 346 g/mol. The third kappa shape index (κ3) is 2.60. The second kappa shape index (κ2) is 5.86. The molecular formula is C17H22N4O4. The maximum Gasteiger partial charge on any atom is 0.325 e. The summed E-state index contributed by atoms with van der Waals surface area (Å²) in [5.41, 5.74) is -0.0434. The van der Waals surface area contributed by atoms with Gasteiger partial charge in [0.15, 0.2) is 0 Å². The summed E-state index contributed by atoms with van der Waals surface area (Å²) in [4.78, 5) is 40.5. The van der Waals surface area contributed by atoms with E-state index in [1.165, 1.54) is 0 Å². The molecule has 1 atom stereocenters. The summed E-state index contributed by atoms with van der Waals surface area (Å²) < 4.78 is 5.12. The van der Waals surface area contributed by atoms with Crippen molar-refractivity contribution in [3.63, 3.8) is 0 Å². The molecule has 4 rings (SSSR count). The van der Waals surface area contributed by atoms with Gasteiger partial charge in [0.2, 0.25) is 5.91 Å². The maximum atomic E-state index is 12.8. The van der Waals surface area contributed by atoms with Crippen LogP contribution in [-0.4, -0.2) is 51.4 Å². The zero-order valence-electron chi connectivity index (χ0n) is 14.3. The fraction of sp³-hybridized carbons (Fsp3) is 0.647. The highest BCUT2D eigenvalue weighted by Gasteiger charge is 2.53. The standard InChI is InChI=1S/C17H22N4O4/c1-11-9-12(19-25-11)13-5-4-8-20(13)14(22)10-21-15(23)17(18-16(21)24)6-2-3-7-17/h9,13H,2-8,10H2,1H3,(H,18,24). The average Bonchev–Trinajstić information content (AvgIpc) is 3.33. The minimum atomic E-state index is -0.773. The molecule has 1 aliphatic carbocycles. The summed E-state index contributed by atoms with van der Waals surface area (Å²) in [5.74, 6) is 0.227. The van der Waals surface area contributed by atoms with E-state index in [0.717, 1.165) is 36.3 Å². The van der Waals surface area contributed by atoms with Gasteiger partial charge in [-0.2, -0.15) is 0 Å². The zero-order valence-corrected chi connectivity index (χ0v) is 14.3. The lowest BCUT2D eigenvalue weighted by Gasteiger charge is -2.25. The van der Waals surface area contributed by atoms with E-state index < -0.39 is 11.6 Å². The first-order valence-corrected chi connectivity index (χ1v) is 8.87. The van der Waals surface area contributed by atoms with Gasteiger partial charge in [-0.3, -0.25) is 14.5 Å². The average molecular weight is 346 g/mol. The van der Waals surface area contributed by atoms with Crippen LogP contribution in [0.3, 0.4) is 0 Å². The predicted octanol–water partition coefficient (Wildman–Crippen LogP) is 1.51. The summed E-state index contributed by atoms with van der Waals surface area (Å²) in [7, 11) is 0. The number of hydrogen-bond donors (Lipinski definition) is 1. The van der Waals surface area contributed by atoms with Crippen LogP contribution in [0.5, 0.6) is 0 Å². The van der Waals surface area contributed by atoms with E-state index in [2.05, 4.69) is 10.5 Å². The third-order valence-electron chi connectivity index (χ3n) is 5.56. The quantitative estimate of drug-likeness (QED) is 0.837. The molecule has 3 aliphatic rings. The van der Waals surface area contributed by atoms with Crippen molar-refractivity contribution < 1.29 is 18.9 Å². The molecule has 25 heavy (non-hydrogen) atoms. The van der Waals surface area contributed by atoms with Crippen LogP contribution < -0.4 is 5.32 Å². The van der Waals surface area contributed by atoms with Crippen molar-refractivity contribution >= 4 is 17.8 Å². The van der Waals surface area contributed by atoms with E-state index in [9.17, 15) is 14.4 Å². The Morgan fingerprint density at radius 3 is 2.80 bits per heavy atom. The Morgan fingerprint density at radius 2 is 2.12 bits per heavy atom. The molecule has 8 heteroatoms. The molecule has 0 aromatic carbocycles. The molecule has 4 amide bonds. The van der Waals surface area contributed by atoms with Crippen LogP contribution in [0.2, 0.25) is 0 Å². The Balaban J connectivity index is 1.48. The molecule has 0 bridgehead atoms. The fourth-order valence-corrected chi connectivity index (χ4v) is 4.28. The largest absolute Gasteiger partial charge is 0.361 e. The van der Waals surface area contributed by atoms with E-state index in [1.807, 2.05) is 13.0 Å². The van der Waals surface area contributed by atoms with E-state index in [1.54, 1.807) is 4.90 Å². The van der Waals surface area contributed by atoms with Gasteiger partial charge >= 0.3 is 6.03 Å². The molecule has 1 aromatic rings. The molecule has 3 heterocycles. The number of amides is 4. The molecule has 1 spiro atoms. The van der Waals surface area contributed by atoms with E-state index in [-0.39, 0.29) is 24.4 Å². The first-order valence-electron chi connectivity index (χ1n) is 8.87. The Labute approximate surface area is 145 Å². The van der Waals surface area contributed by atoms with Gasteiger partial charge in [-0.1, -0.05) is 18.0 Å². The lowest BCUT2D eigenvalue weighted by Crippen LogP contribution is -2.46. The number of aromatic nitrogens is 1. The van der Waals surface area contributed by atoms with Crippen molar-refractivity contribution in [2.75, 3.05) is 13.1 Å². The van der Waals surface area contributed by atoms with Crippen molar-refractivity contribution in [2.45, 2.75) is 57.0 Å². The SMILES string of the molecule is Cc1cc(C2CCCN2C(=O)CN2C(=O)NC3(CCCC3)C2=O)no1. The van der Waals surface area contributed by atoms with Crippen molar-refractivity contribution in [3.8, 4) is 0 Å². The second-order valence-electron chi connectivity index (χ2n) is 7.22. The number of imide groups is 1. The Kier molecular flexibility index (Phi) is 3.77. The molecule has 1 unspecified atom stereocenters. The summed E-state index contributed by atoms with van der Waals surface area (Å²) in [6.45, 7) is 2.20. The van der Waals surface area contributed by atoms with Crippen LogP contribution in [0.25, 0.3) is 0 Å². The van der Waals surface area contributed by atoms with Crippen LogP contribution in [0.15, 0.2) is 10.6 Å². The maximum absolute atomic E-state index is 12.8. The number of carbonyl (C=O) groups is 3. The van der Waals surface area contributed by atoms with Gasteiger partial charge in [0.05, 0.1) is 6.04 Å². The Morgan fingerprint density at radius 1 is 1.36 bits per heavy atom. The van der Waals surface area contributed by atoms with Crippen molar-refractivity contribution in [2.24, 2.45) is 0 Å². The summed E-state index contributed by atoms with van der Waals surface area (Å²) in [5, 5.41) is 6.83. The summed E-state index contributed by atoms with van der Waals surface area (Å²) in [6, 6.07) is 1.23. The number of urea groups is 1. The van der Waals surface area contributed by atoms with Gasteiger partial charge in [0.1, 0.15) is 23.5 Å². The first-order chi connectivity index (χ1) is 12.0. The lowest BCUT2D eigenvalue weighted by molar-refractivity contribution is -0.139. The Bertz CT molecular complexity index is 722. The second-order valence-corrected chi connectivity index (χ2v) is 7.22. The van der Waals surface area contributed by atoms with Gasteiger partial charge in [0, 0.05) is 12.6 Å². The number of hydrogen-bond acceptors (Lipinski definition) is 5. The fourth-order valence-electron chi connectivity index (χ4n) is 4.28.